The molecule has 0 bridgehead atoms. The summed E-state index contributed by atoms with van der Waals surface area (Å²) in [7, 11) is 0. The van der Waals surface area contributed by atoms with Gasteiger partial charge in [0.15, 0.2) is 0 Å². The summed E-state index contributed by atoms with van der Waals surface area (Å²) in [6, 6.07) is 9.06. The number of hydrogen-bond acceptors (Lipinski definition) is 2. The molecule has 92 valence electrons. The molecule has 2 rings (SSSR count). The second kappa shape index (κ2) is 5.63. The van der Waals surface area contributed by atoms with Crippen LogP contribution < -0.4 is 5.32 Å². The van der Waals surface area contributed by atoms with Crippen LogP contribution in [0.2, 0.25) is 0 Å². The van der Waals surface area contributed by atoms with Gasteiger partial charge in [-0.2, -0.15) is 0 Å². The van der Waals surface area contributed by atoms with E-state index >= 15 is 0 Å². The van der Waals surface area contributed by atoms with Crippen LogP contribution in [0.15, 0.2) is 45.5 Å². The number of benzene rings is 1. The molecule has 2 aromatic rings. The zero-order valence-corrected chi connectivity index (χ0v) is 12.7. The van der Waals surface area contributed by atoms with Gasteiger partial charge in [0.25, 0.3) is 5.91 Å². The first-order valence-corrected chi connectivity index (χ1v) is 6.84. The molecule has 3 nitrogen and oxygen atoms in total. The van der Waals surface area contributed by atoms with Crippen LogP contribution in [-0.2, 0) is 0 Å². The summed E-state index contributed by atoms with van der Waals surface area (Å²) in [4.78, 5) is 16.2. The zero-order chi connectivity index (χ0) is 13.1. The number of carbonyl (C=O) groups excluding carboxylic acids is 1. The summed E-state index contributed by atoms with van der Waals surface area (Å²) in [5.74, 6) is -0.159. The number of amides is 1. The lowest BCUT2D eigenvalue weighted by Gasteiger charge is -2.07. The van der Waals surface area contributed by atoms with Gasteiger partial charge in [0.2, 0.25) is 0 Å². The minimum Gasteiger partial charge on any atom is -0.322 e. The summed E-state index contributed by atoms with van der Waals surface area (Å²) in [5.41, 5.74) is 2.18. The molecule has 0 aliphatic heterocycles. The van der Waals surface area contributed by atoms with E-state index in [0.29, 0.717) is 5.56 Å². The second-order valence-electron chi connectivity index (χ2n) is 3.76. The largest absolute Gasteiger partial charge is 0.322 e. The number of anilines is 1. The maximum absolute atomic E-state index is 12.1. The van der Waals surface area contributed by atoms with Crippen molar-refractivity contribution >= 4 is 43.5 Å². The Balaban J connectivity index is 2.24. The number of carbonyl (C=O) groups is 1. The summed E-state index contributed by atoms with van der Waals surface area (Å²) in [6.07, 6.45) is 1.67. The van der Waals surface area contributed by atoms with E-state index < -0.39 is 0 Å². The molecular formula is C13H10Br2N2O. The Morgan fingerprint density at radius 2 is 2.00 bits per heavy atom. The van der Waals surface area contributed by atoms with E-state index in [1.807, 2.05) is 25.1 Å². The molecule has 1 heterocycles. The molecule has 1 amide bonds. The molecule has 0 aliphatic rings. The zero-order valence-electron chi connectivity index (χ0n) is 9.58. The van der Waals surface area contributed by atoms with Gasteiger partial charge >= 0.3 is 0 Å². The van der Waals surface area contributed by atoms with Crippen LogP contribution in [0.1, 0.15) is 16.1 Å². The smallest absolute Gasteiger partial charge is 0.256 e. The Kier molecular flexibility index (Phi) is 4.14. The van der Waals surface area contributed by atoms with Crippen LogP contribution in [0.4, 0.5) is 5.69 Å². The van der Waals surface area contributed by atoms with Crippen molar-refractivity contribution in [2.24, 2.45) is 0 Å². The highest BCUT2D eigenvalue weighted by molar-refractivity contribution is 9.11. The fraction of sp³-hybridized carbons (Fsp3) is 0.0769. The number of aryl methyl sites for hydroxylation is 1. The van der Waals surface area contributed by atoms with Crippen LogP contribution in [-0.4, -0.2) is 10.9 Å². The van der Waals surface area contributed by atoms with Gasteiger partial charge in [0.05, 0.1) is 5.56 Å². The molecule has 0 radical (unpaired) electrons. The van der Waals surface area contributed by atoms with E-state index in [2.05, 4.69) is 42.2 Å². The van der Waals surface area contributed by atoms with Crippen molar-refractivity contribution in [3.8, 4) is 0 Å². The number of halogens is 2. The fourth-order valence-corrected chi connectivity index (χ4v) is 2.28. The van der Waals surface area contributed by atoms with Crippen molar-refractivity contribution in [2.75, 3.05) is 5.32 Å². The highest BCUT2D eigenvalue weighted by atomic mass is 79.9. The first kappa shape index (κ1) is 13.2. The van der Waals surface area contributed by atoms with Crippen LogP contribution in [0.5, 0.6) is 0 Å². The third-order valence-corrected chi connectivity index (χ3v) is 3.51. The predicted molar refractivity (Wildman–Crippen MR) is 78.8 cm³/mol. The maximum atomic E-state index is 12.1. The van der Waals surface area contributed by atoms with Gasteiger partial charge in [-0.05, 0) is 53.2 Å². The van der Waals surface area contributed by atoms with Crippen molar-refractivity contribution in [1.82, 2.24) is 4.98 Å². The molecule has 1 N–H and O–H groups in total. The highest BCUT2D eigenvalue weighted by Gasteiger charge is 2.10. The quantitative estimate of drug-likeness (QED) is 0.863. The first-order valence-electron chi connectivity index (χ1n) is 5.25. The predicted octanol–water partition coefficient (Wildman–Crippen LogP) is 4.17. The topological polar surface area (TPSA) is 42.0 Å². The number of pyridine rings is 1. The van der Waals surface area contributed by atoms with Crippen LogP contribution in [0.3, 0.4) is 0 Å². The van der Waals surface area contributed by atoms with E-state index in [-0.39, 0.29) is 5.91 Å². The maximum Gasteiger partial charge on any atom is 0.256 e. The molecule has 1 aromatic heterocycles. The van der Waals surface area contributed by atoms with Crippen LogP contribution >= 0.6 is 31.9 Å². The molecule has 0 fully saturated rings. The SMILES string of the molecule is Cc1cc(NC(=O)c2cc(Br)ccc2Br)ccn1. The Hall–Kier alpha value is -1.20. The summed E-state index contributed by atoms with van der Waals surface area (Å²) in [6.45, 7) is 1.88. The van der Waals surface area contributed by atoms with Crippen molar-refractivity contribution in [1.29, 1.82) is 0 Å². The number of rotatable bonds is 2. The van der Waals surface area contributed by atoms with Gasteiger partial charge in [-0.3, -0.25) is 9.78 Å². The molecule has 0 atom stereocenters. The van der Waals surface area contributed by atoms with Gasteiger partial charge in [-0.25, -0.2) is 0 Å². The van der Waals surface area contributed by atoms with Crippen molar-refractivity contribution < 1.29 is 4.79 Å². The van der Waals surface area contributed by atoms with Gasteiger partial charge in [-0.1, -0.05) is 15.9 Å². The van der Waals surface area contributed by atoms with E-state index in [1.54, 1.807) is 18.3 Å². The summed E-state index contributed by atoms with van der Waals surface area (Å²) in [5, 5.41) is 2.84. The average Bonchev–Trinajstić information content (AvgIpc) is 2.32. The molecule has 1 aromatic carbocycles. The molecule has 0 spiro atoms. The van der Waals surface area contributed by atoms with Crippen molar-refractivity contribution in [2.45, 2.75) is 6.92 Å². The lowest BCUT2D eigenvalue weighted by molar-refractivity contribution is 0.102. The Bertz CT molecular complexity index is 599. The number of aromatic nitrogens is 1. The number of hydrogen-bond donors (Lipinski definition) is 1. The Morgan fingerprint density at radius 3 is 2.72 bits per heavy atom. The minimum absolute atomic E-state index is 0.159. The second-order valence-corrected chi connectivity index (χ2v) is 5.53. The van der Waals surface area contributed by atoms with E-state index in [0.717, 1.165) is 20.3 Å². The van der Waals surface area contributed by atoms with Gasteiger partial charge in [-0.15, -0.1) is 0 Å². The Morgan fingerprint density at radius 1 is 1.22 bits per heavy atom. The fourth-order valence-electron chi connectivity index (χ4n) is 1.49. The number of nitrogens with zero attached hydrogens (tertiary/aromatic N) is 1. The van der Waals surface area contributed by atoms with E-state index in [9.17, 15) is 4.79 Å². The average molecular weight is 370 g/mol. The molecule has 0 saturated carbocycles. The first-order chi connectivity index (χ1) is 8.56. The number of nitrogens with one attached hydrogen (secondary N) is 1. The van der Waals surface area contributed by atoms with Crippen LogP contribution in [0, 0.1) is 6.92 Å². The molecule has 0 aliphatic carbocycles. The van der Waals surface area contributed by atoms with Crippen molar-refractivity contribution in [3.05, 3.63) is 56.7 Å². The van der Waals surface area contributed by atoms with E-state index in [1.165, 1.54) is 0 Å². The monoisotopic (exact) mass is 368 g/mol. The lowest BCUT2D eigenvalue weighted by atomic mass is 10.2. The molecule has 5 heteroatoms. The third kappa shape index (κ3) is 3.17. The minimum atomic E-state index is -0.159. The summed E-state index contributed by atoms with van der Waals surface area (Å²) >= 11 is 6.72. The van der Waals surface area contributed by atoms with Gasteiger partial charge in [0, 0.05) is 26.5 Å². The standard InChI is InChI=1S/C13H10Br2N2O/c1-8-6-10(4-5-16-8)17-13(18)11-7-9(14)2-3-12(11)15/h2-7H,1H3,(H,16,17,18). The summed E-state index contributed by atoms with van der Waals surface area (Å²) < 4.78 is 1.62. The van der Waals surface area contributed by atoms with E-state index in [4.69, 9.17) is 0 Å². The molecule has 18 heavy (non-hydrogen) atoms. The van der Waals surface area contributed by atoms with Gasteiger partial charge < -0.3 is 5.32 Å². The van der Waals surface area contributed by atoms with Crippen LogP contribution in [0.25, 0.3) is 0 Å². The normalized spacial score (nSPS) is 10.2. The Labute approximate surface area is 122 Å². The highest BCUT2D eigenvalue weighted by Crippen LogP contribution is 2.22. The lowest BCUT2D eigenvalue weighted by Crippen LogP contribution is -2.12. The molecule has 0 saturated heterocycles. The van der Waals surface area contributed by atoms with Crippen molar-refractivity contribution in [3.63, 3.8) is 0 Å². The van der Waals surface area contributed by atoms with Gasteiger partial charge in [0.1, 0.15) is 0 Å². The molecule has 0 unspecified atom stereocenters. The third-order valence-electron chi connectivity index (χ3n) is 2.33. The molecular weight excluding hydrogens is 360 g/mol.